The Balaban J connectivity index is 3.00. The number of aryl methyl sites for hydroxylation is 2. The van der Waals surface area contributed by atoms with Gasteiger partial charge < -0.3 is 5.32 Å². The summed E-state index contributed by atoms with van der Waals surface area (Å²) in [5.74, 6) is 0. The number of hydrogen-bond donors (Lipinski definition) is 1. The van der Waals surface area contributed by atoms with E-state index in [1.807, 2.05) is 6.92 Å². The molecule has 1 aromatic heterocycles. The van der Waals surface area contributed by atoms with Crippen LogP contribution in [-0.4, -0.2) is 28.5 Å². The normalized spacial score (nSPS) is 13.9. The smallest absolute Gasteiger partial charge is 0.306 e. The van der Waals surface area contributed by atoms with Crippen molar-refractivity contribution in [2.45, 2.75) is 46.0 Å². The number of aromatic nitrogens is 2. The van der Waals surface area contributed by atoms with Gasteiger partial charge >= 0.3 is 6.18 Å². The highest BCUT2D eigenvalue weighted by Gasteiger charge is 2.40. The molecule has 1 aromatic rings. The predicted octanol–water partition coefficient (Wildman–Crippen LogP) is 3.06. The van der Waals surface area contributed by atoms with E-state index in [-0.39, 0.29) is 13.0 Å². The van der Waals surface area contributed by atoms with Crippen molar-refractivity contribution in [3.05, 3.63) is 15.9 Å². The monoisotopic (exact) mass is 327 g/mol. The predicted molar refractivity (Wildman–Crippen MR) is 67.6 cm³/mol. The lowest BCUT2D eigenvalue weighted by atomic mass is 10.1. The van der Waals surface area contributed by atoms with Crippen LogP contribution in [0.1, 0.15) is 25.2 Å². The number of nitrogens with one attached hydrogen (secondary N) is 1. The summed E-state index contributed by atoms with van der Waals surface area (Å²) in [4.78, 5) is 0. The number of rotatable bonds is 5. The van der Waals surface area contributed by atoms with Gasteiger partial charge in [-0.3, -0.25) is 4.68 Å². The van der Waals surface area contributed by atoms with Crippen LogP contribution < -0.4 is 5.32 Å². The molecule has 0 fully saturated rings. The average molecular weight is 328 g/mol. The van der Waals surface area contributed by atoms with E-state index in [0.717, 1.165) is 0 Å². The van der Waals surface area contributed by atoms with Gasteiger partial charge in [-0.25, -0.2) is 0 Å². The highest BCUT2D eigenvalue weighted by Crippen LogP contribution is 2.28. The molecule has 104 valence electrons. The molecule has 0 spiro atoms. The highest BCUT2D eigenvalue weighted by molar-refractivity contribution is 9.10. The second kappa shape index (κ2) is 6.06. The highest BCUT2D eigenvalue weighted by atomic mass is 79.9. The van der Waals surface area contributed by atoms with Gasteiger partial charge in [-0.05, 0) is 36.3 Å². The summed E-state index contributed by atoms with van der Waals surface area (Å²) in [6.45, 7) is 6.13. The quantitative estimate of drug-likeness (QED) is 0.900. The van der Waals surface area contributed by atoms with Crippen LogP contribution in [0.4, 0.5) is 13.2 Å². The van der Waals surface area contributed by atoms with E-state index in [1.165, 1.54) is 0 Å². The molecule has 0 radical (unpaired) electrons. The topological polar surface area (TPSA) is 29.9 Å². The summed E-state index contributed by atoms with van der Waals surface area (Å²) in [6, 6.07) is -1.54. The number of halogens is 4. The summed E-state index contributed by atoms with van der Waals surface area (Å²) in [7, 11) is 0. The maximum Gasteiger partial charge on any atom is 0.404 e. The Morgan fingerprint density at radius 2 is 2.00 bits per heavy atom. The Labute approximate surface area is 113 Å². The minimum atomic E-state index is -4.26. The first-order valence-corrected chi connectivity index (χ1v) is 6.62. The molecule has 18 heavy (non-hydrogen) atoms. The fourth-order valence-electron chi connectivity index (χ4n) is 1.81. The average Bonchev–Trinajstić information content (AvgIpc) is 2.54. The summed E-state index contributed by atoms with van der Waals surface area (Å²) >= 11 is 3.31. The standard InChI is InChI=1S/C11H17BrF3N3/c1-4-16-9(11(13,14)15)6-8-10(12)7(3)17-18(8)5-2/h9,16H,4-6H2,1-3H3. The minimum absolute atomic E-state index is 0.118. The molecule has 0 amide bonds. The third kappa shape index (κ3) is 3.47. The fraction of sp³-hybridized carbons (Fsp3) is 0.727. The zero-order valence-corrected chi connectivity index (χ0v) is 12.2. The summed E-state index contributed by atoms with van der Waals surface area (Å²) < 4.78 is 40.8. The van der Waals surface area contributed by atoms with Gasteiger partial charge in [-0.1, -0.05) is 6.92 Å². The second-order valence-electron chi connectivity index (χ2n) is 4.02. The van der Waals surface area contributed by atoms with E-state index in [1.54, 1.807) is 18.5 Å². The van der Waals surface area contributed by atoms with Crippen molar-refractivity contribution < 1.29 is 13.2 Å². The molecule has 1 unspecified atom stereocenters. The van der Waals surface area contributed by atoms with Gasteiger partial charge in [0.25, 0.3) is 0 Å². The number of likely N-dealkylation sites (N-methyl/N-ethyl adjacent to an activating group) is 1. The van der Waals surface area contributed by atoms with Gasteiger partial charge in [0.05, 0.1) is 15.9 Å². The van der Waals surface area contributed by atoms with Crippen molar-refractivity contribution in [2.75, 3.05) is 6.54 Å². The second-order valence-corrected chi connectivity index (χ2v) is 4.81. The van der Waals surface area contributed by atoms with Crippen molar-refractivity contribution in [1.82, 2.24) is 15.1 Å². The van der Waals surface area contributed by atoms with Crippen LogP contribution in [-0.2, 0) is 13.0 Å². The van der Waals surface area contributed by atoms with Crippen LogP contribution in [0.25, 0.3) is 0 Å². The van der Waals surface area contributed by atoms with Crippen molar-refractivity contribution in [3.63, 3.8) is 0 Å². The number of nitrogens with zero attached hydrogens (tertiary/aromatic N) is 2. The minimum Gasteiger partial charge on any atom is -0.306 e. The van der Waals surface area contributed by atoms with Crippen LogP contribution in [0.5, 0.6) is 0 Å². The van der Waals surface area contributed by atoms with Crippen LogP contribution in [0.3, 0.4) is 0 Å². The number of hydrogen-bond acceptors (Lipinski definition) is 2. The first-order valence-electron chi connectivity index (χ1n) is 5.83. The Morgan fingerprint density at radius 3 is 2.44 bits per heavy atom. The van der Waals surface area contributed by atoms with E-state index < -0.39 is 12.2 Å². The van der Waals surface area contributed by atoms with Gasteiger partial charge in [0.2, 0.25) is 0 Å². The molecule has 0 bridgehead atoms. The molecule has 7 heteroatoms. The van der Waals surface area contributed by atoms with E-state index in [4.69, 9.17) is 0 Å². The lowest BCUT2D eigenvalue weighted by Crippen LogP contribution is -2.44. The van der Waals surface area contributed by atoms with Crippen molar-refractivity contribution in [1.29, 1.82) is 0 Å². The van der Waals surface area contributed by atoms with Gasteiger partial charge in [0.1, 0.15) is 6.04 Å². The van der Waals surface area contributed by atoms with Crippen LogP contribution in [0.15, 0.2) is 4.47 Å². The Kier molecular flexibility index (Phi) is 5.21. The maximum atomic E-state index is 12.9. The molecular weight excluding hydrogens is 311 g/mol. The maximum absolute atomic E-state index is 12.9. The zero-order valence-electron chi connectivity index (χ0n) is 10.6. The van der Waals surface area contributed by atoms with Gasteiger partial charge in [-0.2, -0.15) is 18.3 Å². The van der Waals surface area contributed by atoms with Gasteiger partial charge in [0, 0.05) is 13.0 Å². The van der Waals surface area contributed by atoms with Crippen LogP contribution in [0.2, 0.25) is 0 Å². The third-order valence-corrected chi connectivity index (χ3v) is 3.73. The van der Waals surface area contributed by atoms with Crippen molar-refractivity contribution in [3.8, 4) is 0 Å². The molecule has 0 aliphatic rings. The van der Waals surface area contributed by atoms with Crippen molar-refractivity contribution in [2.24, 2.45) is 0 Å². The van der Waals surface area contributed by atoms with E-state index in [2.05, 4.69) is 26.3 Å². The van der Waals surface area contributed by atoms with E-state index >= 15 is 0 Å². The van der Waals surface area contributed by atoms with E-state index in [9.17, 15) is 13.2 Å². The third-order valence-electron chi connectivity index (χ3n) is 2.70. The molecule has 0 saturated heterocycles. The zero-order chi connectivity index (χ0) is 13.9. The molecule has 0 saturated carbocycles. The molecule has 0 aliphatic heterocycles. The van der Waals surface area contributed by atoms with Crippen molar-refractivity contribution >= 4 is 15.9 Å². The summed E-state index contributed by atoms with van der Waals surface area (Å²) in [6.07, 6.45) is -4.38. The Hall–Kier alpha value is -0.560. The molecule has 1 rings (SSSR count). The SMILES string of the molecule is CCNC(Cc1c(Br)c(C)nn1CC)C(F)(F)F. The lowest BCUT2D eigenvalue weighted by molar-refractivity contribution is -0.155. The first kappa shape index (κ1) is 15.5. The largest absolute Gasteiger partial charge is 0.404 e. The fourth-order valence-corrected chi connectivity index (χ4v) is 2.25. The molecule has 1 atom stereocenters. The molecule has 3 nitrogen and oxygen atoms in total. The lowest BCUT2D eigenvalue weighted by Gasteiger charge is -2.21. The molecule has 1 heterocycles. The van der Waals surface area contributed by atoms with Crippen LogP contribution in [0, 0.1) is 6.92 Å². The molecule has 0 aliphatic carbocycles. The summed E-state index contributed by atoms with van der Waals surface area (Å²) in [5.41, 5.74) is 1.29. The molecular formula is C11H17BrF3N3. The molecule has 1 N–H and O–H groups in total. The van der Waals surface area contributed by atoms with Gasteiger partial charge in [-0.15, -0.1) is 0 Å². The van der Waals surface area contributed by atoms with Gasteiger partial charge in [0.15, 0.2) is 0 Å². The van der Waals surface area contributed by atoms with Crippen LogP contribution >= 0.6 is 15.9 Å². The molecule has 0 aromatic carbocycles. The number of alkyl halides is 3. The summed E-state index contributed by atoms with van der Waals surface area (Å²) in [5, 5.41) is 6.67. The Bertz CT molecular complexity index is 401. The van der Waals surface area contributed by atoms with E-state index in [0.29, 0.717) is 22.4 Å². The first-order chi connectivity index (χ1) is 8.31. The Morgan fingerprint density at radius 1 is 1.39 bits per heavy atom.